The molecule has 32 heavy (non-hydrogen) atoms. The summed E-state index contributed by atoms with van der Waals surface area (Å²) in [6.07, 6.45) is 5.18. The molecule has 0 N–H and O–H groups in total. The van der Waals surface area contributed by atoms with Crippen LogP contribution in [-0.4, -0.2) is 45.8 Å². The van der Waals surface area contributed by atoms with Crippen LogP contribution in [0.4, 0.5) is 0 Å². The Morgan fingerprint density at radius 1 is 1.31 bits per heavy atom. The summed E-state index contributed by atoms with van der Waals surface area (Å²) in [4.78, 5) is 19.7. The lowest BCUT2D eigenvalue weighted by Gasteiger charge is -2.31. The van der Waals surface area contributed by atoms with Crippen LogP contribution in [0.3, 0.4) is 0 Å². The number of nitrogens with zero attached hydrogens (tertiary/aromatic N) is 4. The summed E-state index contributed by atoms with van der Waals surface area (Å²) >= 11 is 0. The molecule has 1 aromatic carbocycles. The molecule has 4 rings (SSSR count). The number of hydrogen-bond acceptors (Lipinski definition) is 5. The maximum absolute atomic E-state index is 13.2. The summed E-state index contributed by atoms with van der Waals surface area (Å²) in [5.74, 6) is 2.98. The van der Waals surface area contributed by atoms with Crippen molar-refractivity contribution in [3.63, 3.8) is 0 Å². The van der Waals surface area contributed by atoms with E-state index in [1.807, 2.05) is 42.3 Å². The van der Waals surface area contributed by atoms with E-state index >= 15 is 0 Å². The second kappa shape index (κ2) is 9.59. The number of ether oxygens (including phenoxy) is 1. The molecule has 7 nitrogen and oxygen atoms in total. The maximum Gasteiger partial charge on any atom is 0.272 e. The van der Waals surface area contributed by atoms with E-state index in [0.29, 0.717) is 30.5 Å². The highest BCUT2D eigenvalue weighted by atomic mass is 16.5. The van der Waals surface area contributed by atoms with Gasteiger partial charge in [0.05, 0.1) is 24.9 Å². The zero-order valence-electron chi connectivity index (χ0n) is 19.4. The maximum atomic E-state index is 13.2. The standard InChI is InChI=1S/C25H32N4O3/c1-17(2)12-20-14-22(28(3)27-20)25(30)29-11-7-9-19(16-29)24-26-15-21(32-24)13-18-8-5-6-10-23(18)31-4/h5-6,8,10,14-15,17,19H,7,9,11-13,16H2,1-4H3/t19-/m0/s1. The normalized spacial score (nSPS) is 16.5. The van der Waals surface area contributed by atoms with E-state index in [1.54, 1.807) is 18.0 Å². The lowest BCUT2D eigenvalue weighted by Crippen LogP contribution is -2.40. The minimum atomic E-state index is 0.0282. The van der Waals surface area contributed by atoms with Crippen LogP contribution in [0, 0.1) is 5.92 Å². The first-order valence-corrected chi connectivity index (χ1v) is 11.3. The molecule has 1 atom stereocenters. The molecule has 0 spiro atoms. The number of aryl methyl sites for hydroxylation is 1. The summed E-state index contributed by atoms with van der Waals surface area (Å²) < 4.78 is 13.3. The quantitative estimate of drug-likeness (QED) is 0.554. The van der Waals surface area contributed by atoms with Crippen molar-refractivity contribution in [2.24, 2.45) is 13.0 Å². The molecule has 0 aliphatic carbocycles. The van der Waals surface area contributed by atoms with Crippen molar-refractivity contribution in [1.82, 2.24) is 19.7 Å². The van der Waals surface area contributed by atoms with Gasteiger partial charge in [0, 0.05) is 32.1 Å². The number of piperidine rings is 1. The first-order valence-electron chi connectivity index (χ1n) is 11.3. The Morgan fingerprint density at radius 2 is 2.12 bits per heavy atom. The molecule has 0 saturated carbocycles. The summed E-state index contributed by atoms with van der Waals surface area (Å²) in [5.41, 5.74) is 2.67. The van der Waals surface area contributed by atoms with Crippen molar-refractivity contribution >= 4 is 5.91 Å². The summed E-state index contributed by atoms with van der Waals surface area (Å²) in [6, 6.07) is 9.86. The number of rotatable bonds is 7. The second-order valence-corrected chi connectivity index (χ2v) is 8.99. The van der Waals surface area contributed by atoms with Gasteiger partial charge >= 0.3 is 0 Å². The van der Waals surface area contributed by atoms with Gasteiger partial charge in [-0.2, -0.15) is 5.10 Å². The Kier molecular flexibility index (Phi) is 6.63. The summed E-state index contributed by atoms with van der Waals surface area (Å²) in [6.45, 7) is 5.67. The molecule has 1 saturated heterocycles. The van der Waals surface area contributed by atoms with Crippen molar-refractivity contribution in [3.8, 4) is 5.75 Å². The van der Waals surface area contributed by atoms with Crippen LogP contribution in [0.1, 0.15) is 66.0 Å². The average molecular weight is 437 g/mol. The van der Waals surface area contributed by atoms with Gasteiger partial charge in [-0.25, -0.2) is 4.98 Å². The van der Waals surface area contributed by atoms with Crippen LogP contribution >= 0.6 is 0 Å². The molecule has 3 heterocycles. The Balaban J connectivity index is 1.44. The van der Waals surface area contributed by atoms with Gasteiger partial charge in [-0.05, 0) is 37.3 Å². The average Bonchev–Trinajstić information content (AvgIpc) is 3.39. The van der Waals surface area contributed by atoms with Crippen molar-refractivity contribution in [3.05, 3.63) is 65.1 Å². The largest absolute Gasteiger partial charge is 0.496 e. The van der Waals surface area contributed by atoms with Crippen molar-refractivity contribution in [2.75, 3.05) is 20.2 Å². The van der Waals surface area contributed by atoms with Gasteiger partial charge in [-0.1, -0.05) is 32.0 Å². The molecule has 3 aromatic rings. The smallest absolute Gasteiger partial charge is 0.272 e. The van der Waals surface area contributed by atoms with Crippen molar-refractivity contribution in [1.29, 1.82) is 0 Å². The molecule has 170 valence electrons. The fraction of sp³-hybridized carbons (Fsp3) is 0.480. The van der Waals surface area contributed by atoms with Crippen LogP contribution in [0.2, 0.25) is 0 Å². The predicted molar refractivity (Wildman–Crippen MR) is 122 cm³/mol. The third-order valence-electron chi connectivity index (χ3n) is 5.95. The lowest BCUT2D eigenvalue weighted by molar-refractivity contribution is 0.0686. The minimum Gasteiger partial charge on any atom is -0.496 e. The highest BCUT2D eigenvalue weighted by Gasteiger charge is 2.30. The molecule has 1 aliphatic rings. The molecular weight excluding hydrogens is 404 g/mol. The number of carbonyl (C=O) groups excluding carboxylic acids is 1. The first kappa shape index (κ1) is 22.1. The number of benzene rings is 1. The van der Waals surface area contributed by atoms with Gasteiger partial charge in [0.2, 0.25) is 0 Å². The molecule has 2 aromatic heterocycles. The number of likely N-dealkylation sites (tertiary alicyclic amines) is 1. The minimum absolute atomic E-state index is 0.0282. The van der Waals surface area contributed by atoms with Crippen molar-refractivity contribution < 1.29 is 13.9 Å². The summed E-state index contributed by atoms with van der Waals surface area (Å²) in [5, 5.41) is 4.53. The Hall–Kier alpha value is -3.09. The molecule has 1 aliphatic heterocycles. The van der Waals surface area contributed by atoms with Crippen LogP contribution in [-0.2, 0) is 19.9 Å². The van der Waals surface area contributed by atoms with Crippen LogP contribution < -0.4 is 4.74 Å². The SMILES string of the molecule is COc1ccccc1Cc1cnc([C@H]2CCCN(C(=O)c3cc(CC(C)C)nn3C)C2)o1. The molecule has 7 heteroatoms. The van der Waals surface area contributed by atoms with Gasteiger partial charge < -0.3 is 14.1 Å². The molecule has 0 radical (unpaired) electrons. The van der Waals surface area contributed by atoms with E-state index in [-0.39, 0.29) is 11.8 Å². The topological polar surface area (TPSA) is 73.4 Å². The highest BCUT2D eigenvalue weighted by molar-refractivity contribution is 5.92. The van der Waals surface area contributed by atoms with Gasteiger partial charge in [0.25, 0.3) is 5.91 Å². The molecule has 0 unspecified atom stereocenters. The van der Waals surface area contributed by atoms with Crippen LogP contribution in [0.5, 0.6) is 5.75 Å². The molecule has 1 amide bonds. The van der Waals surface area contributed by atoms with E-state index in [0.717, 1.165) is 48.6 Å². The summed E-state index contributed by atoms with van der Waals surface area (Å²) in [7, 11) is 3.52. The predicted octanol–water partition coefficient (Wildman–Crippen LogP) is 4.23. The fourth-order valence-corrected chi connectivity index (χ4v) is 4.40. The van der Waals surface area contributed by atoms with E-state index in [4.69, 9.17) is 9.15 Å². The first-order chi connectivity index (χ1) is 15.4. The lowest BCUT2D eigenvalue weighted by atomic mass is 9.97. The number of amides is 1. The Morgan fingerprint density at radius 3 is 2.91 bits per heavy atom. The number of para-hydroxylation sites is 1. The molecular formula is C25H32N4O3. The van der Waals surface area contributed by atoms with E-state index < -0.39 is 0 Å². The number of hydrogen-bond donors (Lipinski definition) is 0. The van der Waals surface area contributed by atoms with Gasteiger partial charge in [-0.3, -0.25) is 9.48 Å². The second-order valence-electron chi connectivity index (χ2n) is 8.99. The molecule has 0 bridgehead atoms. The highest BCUT2D eigenvalue weighted by Crippen LogP contribution is 2.29. The van der Waals surface area contributed by atoms with Gasteiger partial charge in [0.1, 0.15) is 17.2 Å². The number of carbonyl (C=O) groups is 1. The third-order valence-corrected chi connectivity index (χ3v) is 5.95. The third kappa shape index (κ3) is 4.87. The zero-order chi connectivity index (χ0) is 22.7. The van der Waals surface area contributed by atoms with E-state index in [2.05, 4.69) is 23.9 Å². The van der Waals surface area contributed by atoms with Crippen LogP contribution in [0.25, 0.3) is 0 Å². The fourth-order valence-electron chi connectivity index (χ4n) is 4.40. The monoisotopic (exact) mass is 436 g/mol. The zero-order valence-corrected chi connectivity index (χ0v) is 19.4. The van der Waals surface area contributed by atoms with Gasteiger partial charge in [-0.15, -0.1) is 0 Å². The Bertz CT molecular complexity index is 1070. The molecule has 1 fully saturated rings. The van der Waals surface area contributed by atoms with E-state index in [9.17, 15) is 4.79 Å². The van der Waals surface area contributed by atoms with Gasteiger partial charge in [0.15, 0.2) is 5.89 Å². The van der Waals surface area contributed by atoms with E-state index in [1.165, 1.54) is 0 Å². The van der Waals surface area contributed by atoms with Crippen molar-refractivity contribution in [2.45, 2.75) is 45.4 Å². The number of methoxy groups -OCH3 is 1. The number of oxazole rings is 1. The number of aromatic nitrogens is 3. The Labute approximate surface area is 189 Å². The van der Waals surface area contributed by atoms with Crippen LogP contribution in [0.15, 0.2) is 40.9 Å².